The zero-order valence-electron chi connectivity index (χ0n) is 15.8. The van der Waals surface area contributed by atoms with Gasteiger partial charge < -0.3 is 10.6 Å². The fraction of sp³-hybridized carbons (Fsp3) is 0.0455. The van der Waals surface area contributed by atoms with Crippen molar-refractivity contribution in [2.45, 2.75) is 6.92 Å². The predicted octanol–water partition coefficient (Wildman–Crippen LogP) is 5.68. The lowest BCUT2D eigenvalue weighted by molar-refractivity contribution is 0.0976. The average molecular weight is 458 g/mol. The number of thiocarbonyl (C=S) groups is 1. The third-order valence-electron chi connectivity index (χ3n) is 4.17. The van der Waals surface area contributed by atoms with Crippen LogP contribution in [0.5, 0.6) is 0 Å². The highest BCUT2D eigenvalue weighted by atomic mass is 35.5. The number of rotatable bonds is 4. The number of carbonyl (C=O) groups excluding carboxylic acids is 2. The van der Waals surface area contributed by atoms with Crippen LogP contribution in [0.4, 0.5) is 11.4 Å². The number of benzene rings is 3. The number of halogens is 2. The molecule has 0 aliphatic heterocycles. The second-order valence-corrected chi connectivity index (χ2v) is 7.63. The molecule has 0 radical (unpaired) electrons. The van der Waals surface area contributed by atoms with Gasteiger partial charge in [-0.1, -0.05) is 47.5 Å². The first-order valence-electron chi connectivity index (χ1n) is 8.88. The maximum absolute atomic E-state index is 12.5. The van der Waals surface area contributed by atoms with Crippen LogP contribution in [0.1, 0.15) is 26.3 Å². The summed E-state index contributed by atoms with van der Waals surface area (Å²) < 4.78 is 0. The van der Waals surface area contributed by atoms with Crippen molar-refractivity contribution in [1.29, 1.82) is 0 Å². The number of anilines is 2. The summed E-state index contributed by atoms with van der Waals surface area (Å²) in [5.41, 5.74) is 2.87. The summed E-state index contributed by atoms with van der Waals surface area (Å²) in [4.78, 5) is 24.9. The topological polar surface area (TPSA) is 70.2 Å². The molecule has 0 heterocycles. The molecule has 3 aromatic rings. The van der Waals surface area contributed by atoms with Crippen LogP contribution in [0.25, 0.3) is 0 Å². The van der Waals surface area contributed by atoms with E-state index < -0.39 is 5.91 Å². The quantitative estimate of drug-likeness (QED) is 0.440. The lowest BCUT2D eigenvalue weighted by atomic mass is 10.1. The molecule has 0 unspecified atom stereocenters. The van der Waals surface area contributed by atoms with E-state index in [0.717, 1.165) is 5.56 Å². The molecule has 0 fully saturated rings. The number of amides is 2. The molecule has 0 spiro atoms. The molecule has 5 nitrogen and oxygen atoms in total. The molecule has 3 rings (SSSR count). The smallest absolute Gasteiger partial charge is 0.258 e. The third-order valence-corrected chi connectivity index (χ3v) is 4.94. The molecule has 2 amide bonds. The van der Waals surface area contributed by atoms with Crippen molar-refractivity contribution in [2.75, 3.05) is 10.6 Å². The maximum Gasteiger partial charge on any atom is 0.258 e. The molecular formula is C22H17Cl2N3O2S. The van der Waals surface area contributed by atoms with Crippen LogP contribution in [0.15, 0.2) is 66.7 Å². The van der Waals surface area contributed by atoms with Crippen molar-refractivity contribution in [1.82, 2.24) is 5.32 Å². The molecule has 8 heteroatoms. The summed E-state index contributed by atoms with van der Waals surface area (Å²) in [5, 5.41) is 9.06. The summed E-state index contributed by atoms with van der Waals surface area (Å²) in [6.45, 7) is 1.88. The van der Waals surface area contributed by atoms with Crippen LogP contribution in [0.2, 0.25) is 10.0 Å². The lowest BCUT2D eigenvalue weighted by Crippen LogP contribution is -2.34. The van der Waals surface area contributed by atoms with Gasteiger partial charge in [-0.25, -0.2) is 0 Å². The molecule has 0 saturated heterocycles. The SMILES string of the molecule is Cc1ccccc1C(=O)Nc1cccc(NC(=S)NC(=O)c2cc(Cl)ccc2Cl)c1. The summed E-state index contributed by atoms with van der Waals surface area (Å²) >= 11 is 17.2. The molecule has 0 aliphatic rings. The Labute approximate surface area is 189 Å². The molecule has 3 aromatic carbocycles. The van der Waals surface area contributed by atoms with Gasteiger partial charge in [0.1, 0.15) is 0 Å². The van der Waals surface area contributed by atoms with Crippen molar-refractivity contribution >= 4 is 63.7 Å². The van der Waals surface area contributed by atoms with Crippen LogP contribution in [0, 0.1) is 6.92 Å². The van der Waals surface area contributed by atoms with Gasteiger partial charge in [0.15, 0.2) is 5.11 Å². The van der Waals surface area contributed by atoms with Crippen LogP contribution in [-0.4, -0.2) is 16.9 Å². The van der Waals surface area contributed by atoms with Crippen molar-refractivity contribution in [3.8, 4) is 0 Å². The molecule has 0 aromatic heterocycles. The number of carbonyl (C=O) groups is 2. The zero-order valence-corrected chi connectivity index (χ0v) is 18.2. The largest absolute Gasteiger partial charge is 0.332 e. The third kappa shape index (κ3) is 5.57. The maximum atomic E-state index is 12.5. The fourth-order valence-corrected chi connectivity index (χ4v) is 3.29. The second kappa shape index (κ2) is 9.71. The highest BCUT2D eigenvalue weighted by Crippen LogP contribution is 2.21. The van der Waals surface area contributed by atoms with Gasteiger partial charge in [0.25, 0.3) is 11.8 Å². The van der Waals surface area contributed by atoms with Crippen LogP contribution in [0.3, 0.4) is 0 Å². The summed E-state index contributed by atoms with van der Waals surface area (Å²) in [6, 6.07) is 18.9. The fourth-order valence-electron chi connectivity index (χ4n) is 2.71. The van der Waals surface area contributed by atoms with Crippen molar-refractivity contribution in [3.05, 3.63) is 93.5 Å². The Morgan fingerprint density at radius 1 is 0.800 bits per heavy atom. The van der Waals surface area contributed by atoms with Gasteiger partial charge in [-0.3, -0.25) is 14.9 Å². The van der Waals surface area contributed by atoms with Crippen LogP contribution >= 0.6 is 35.4 Å². The Morgan fingerprint density at radius 3 is 2.23 bits per heavy atom. The van der Waals surface area contributed by atoms with Gasteiger partial charge in [-0.2, -0.15) is 0 Å². The minimum absolute atomic E-state index is 0.0819. The molecule has 0 atom stereocenters. The minimum Gasteiger partial charge on any atom is -0.332 e. The average Bonchev–Trinajstić information content (AvgIpc) is 2.70. The molecule has 3 N–H and O–H groups in total. The van der Waals surface area contributed by atoms with E-state index in [1.165, 1.54) is 12.1 Å². The van der Waals surface area contributed by atoms with E-state index in [1.807, 2.05) is 25.1 Å². The summed E-state index contributed by atoms with van der Waals surface area (Å²) in [6.07, 6.45) is 0. The van der Waals surface area contributed by atoms with Gasteiger partial charge in [0.05, 0.1) is 10.6 Å². The van der Waals surface area contributed by atoms with E-state index >= 15 is 0 Å². The van der Waals surface area contributed by atoms with Crippen molar-refractivity contribution < 1.29 is 9.59 Å². The van der Waals surface area contributed by atoms with Crippen LogP contribution < -0.4 is 16.0 Å². The highest BCUT2D eigenvalue weighted by molar-refractivity contribution is 7.80. The van der Waals surface area contributed by atoms with Gasteiger partial charge >= 0.3 is 0 Å². The van der Waals surface area contributed by atoms with E-state index in [9.17, 15) is 9.59 Å². The van der Waals surface area contributed by atoms with Gasteiger partial charge in [-0.05, 0) is 67.2 Å². The molecule has 0 bridgehead atoms. The minimum atomic E-state index is -0.482. The van der Waals surface area contributed by atoms with Gasteiger partial charge in [0, 0.05) is 22.0 Å². The normalized spacial score (nSPS) is 10.2. The molecule has 0 saturated carbocycles. The van der Waals surface area contributed by atoms with E-state index in [2.05, 4.69) is 16.0 Å². The lowest BCUT2D eigenvalue weighted by Gasteiger charge is -2.12. The second-order valence-electron chi connectivity index (χ2n) is 6.38. The number of aryl methyl sites for hydroxylation is 1. The van der Waals surface area contributed by atoms with E-state index in [1.54, 1.807) is 36.4 Å². The highest BCUT2D eigenvalue weighted by Gasteiger charge is 2.13. The number of nitrogens with one attached hydrogen (secondary N) is 3. The number of hydrogen-bond donors (Lipinski definition) is 3. The van der Waals surface area contributed by atoms with E-state index in [-0.39, 0.29) is 21.6 Å². The standard InChI is InChI=1S/C22H17Cl2N3O2S/c1-13-5-2-3-8-17(13)20(28)25-15-6-4-7-16(12-15)26-22(30)27-21(29)18-11-14(23)9-10-19(18)24/h2-12H,1H3,(H,25,28)(H2,26,27,29,30). The first-order chi connectivity index (χ1) is 14.3. The van der Waals surface area contributed by atoms with E-state index in [4.69, 9.17) is 35.4 Å². The number of hydrogen-bond acceptors (Lipinski definition) is 3. The predicted molar refractivity (Wildman–Crippen MR) is 126 cm³/mol. The Bertz CT molecular complexity index is 1130. The Hall–Kier alpha value is -2.93. The van der Waals surface area contributed by atoms with Gasteiger partial charge in [-0.15, -0.1) is 0 Å². The van der Waals surface area contributed by atoms with E-state index in [0.29, 0.717) is 22.0 Å². The Balaban J connectivity index is 1.65. The zero-order chi connectivity index (χ0) is 21.7. The van der Waals surface area contributed by atoms with Crippen molar-refractivity contribution in [2.24, 2.45) is 0 Å². The molecule has 0 aliphatic carbocycles. The van der Waals surface area contributed by atoms with Crippen molar-refractivity contribution in [3.63, 3.8) is 0 Å². The first-order valence-corrected chi connectivity index (χ1v) is 10.0. The van der Waals surface area contributed by atoms with Crippen LogP contribution in [-0.2, 0) is 0 Å². The summed E-state index contributed by atoms with van der Waals surface area (Å²) in [7, 11) is 0. The Kier molecular flexibility index (Phi) is 7.05. The summed E-state index contributed by atoms with van der Waals surface area (Å²) in [5.74, 6) is -0.694. The molecule has 30 heavy (non-hydrogen) atoms. The first kappa shape index (κ1) is 21.8. The molecule has 152 valence electrons. The Morgan fingerprint density at radius 2 is 1.50 bits per heavy atom. The monoisotopic (exact) mass is 457 g/mol. The van der Waals surface area contributed by atoms with Gasteiger partial charge in [0.2, 0.25) is 0 Å². The molecular weight excluding hydrogens is 441 g/mol.